The first kappa shape index (κ1) is 14.9. The summed E-state index contributed by atoms with van der Waals surface area (Å²) < 4.78 is 0. The van der Waals surface area contributed by atoms with Crippen molar-refractivity contribution in [3.63, 3.8) is 0 Å². The fourth-order valence-electron chi connectivity index (χ4n) is 0.891. The predicted molar refractivity (Wildman–Crippen MR) is 57.0 cm³/mol. The Morgan fingerprint density at radius 3 is 2.15 bits per heavy atom. The van der Waals surface area contributed by atoms with E-state index in [-0.39, 0.29) is 36.3 Å². The molecule has 0 aliphatic rings. The molecule has 0 atom stereocenters. The molecule has 0 bridgehead atoms. The van der Waals surface area contributed by atoms with Gasteiger partial charge < -0.3 is 15.9 Å². The molecule has 5 heteroatoms. The van der Waals surface area contributed by atoms with E-state index >= 15 is 0 Å². The molecule has 0 unspecified atom stereocenters. The Bertz CT molecular complexity index is 256. The van der Waals surface area contributed by atoms with Gasteiger partial charge in [-0.15, -0.1) is 24.8 Å². The van der Waals surface area contributed by atoms with E-state index in [9.17, 15) is 0 Å². The van der Waals surface area contributed by atoms with Gasteiger partial charge in [-0.3, -0.25) is 0 Å². The number of nitrogens with two attached hydrogens (primary N) is 1. The Kier molecular flexibility index (Phi) is 7.81. The quantitative estimate of drug-likeness (QED) is 0.668. The van der Waals surface area contributed by atoms with Gasteiger partial charge >= 0.3 is 0 Å². The standard InChI is InChI=1S/C8H11NO2.2ClH/c9-4-3-6-1-2-7(10)8(11)5-6;;/h1-2,5,10-11H,3-4,9H2;2*1H. The molecule has 76 valence electrons. The number of hydrogen-bond donors (Lipinski definition) is 3. The summed E-state index contributed by atoms with van der Waals surface area (Å²) in [5.41, 5.74) is 6.24. The van der Waals surface area contributed by atoms with Gasteiger partial charge in [0.15, 0.2) is 11.5 Å². The Morgan fingerprint density at radius 1 is 1.08 bits per heavy atom. The maximum Gasteiger partial charge on any atom is 0.157 e. The van der Waals surface area contributed by atoms with Crippen LogP contribution in [-0.2, 0) is 6.42 Å². The number of rotatable bonds is 2. The minimum Gasteiger partial charge on any atom is -0.504 e. The Balaban J connectivity index is 0. The molecule has 0 aliphatic carbocycles. The number of halogens is 2. The van der Waals surface area contributed by atoms with Crippen molar-refractivity contribution in [1.29, 1.82) is 0 Å². The molecule has 0 heterocycles. The first-order valence-electron chi connectivity index (χ1n) is 3.45. The van der Waals surface area contributed by atoms with Gasteiger partial charge in [0.1, 0.15) is 0 Å². The summed E-state index contributed by atoms with van der Waals surface area (Å²) in [6, 6.07) is 4.71. The Labute approximate surface area is 89.4 Å². The van der Waals surface area contributed by atoms with Crippen molar-refractivity contribution < 1.29 is 10.2 Å². The van der Waals surface area contributed by atoms with Crippen molar-refractivity contribution in [2.24, 2.45) is 5.73 Å². The van der Waals surface area contributed by atoms with Crippen LogP contribution in [-0.4, -0.2) is 16.8 Å². The maximum absolute atomic E-state index is 9.04. The summed E-state index contributed by atoms with van der Waals surface area (Å²) in [6.45, 7) is 0.546. The van der Waals surface area contributed by atoms with Crippen molar-refractivity contribution in [3.8, 4) is 11.5 Å². The molecule has 0 fully saturated rings. The van der Waals surface area contributed by atoms with E-state index in [1.165, 1.54) is 12.1 Å². The van der Waals surface area contributed by atoms with Crippen LogP contribution in [0.3, 0.4) is 0 Å². The molecule has 0 saturated heterocycles. The summed E-state index contributed by atoms with van der Waals surface area (Å²) in [5, 5.41) is 18.0. The summed E-state index contributed by atoms with van der Waals surface area (Å²) in [7, 11) is 0. The molecule has 3 nitrogen and oxygen atoms in total. The van der Waals surface area contributed by atoms with Gasteiger partial charge in [0.05, 0.1) is 0 Å². The lowest BCUT2D eigenvalue weighted by Gasteiger charge is -2.00. The van der Waals surface area contributed by atoms with Gasteiger partial charge in [-0.05, 0) is 30.7 Å². The van der Waals surface area contributed by atoms with Crippen LogP contribution in [0.5, 0.6) is 11.5 Å². The SMILES string of the molecule is Cl.Cl.NCCc1ccc(O)c(O)c1. The van der Waals surface area contributed by atoms with Crippen molar-refractivity contribution in [1.82, 2.24) is 0 Å². The minimum atomic E-state index is -0.0919. The molecule has 13 heavy (non-hydrogen) atoms. The largest absolute Gasteiger partial charge is 0.504 e. The van der Waals surface area contributed by atoms with Crippen LogP contribution in [0.4, 0.5) is 0 Å². The highest BCUT2D eigenvalue weighted by molar-refractivity contribution is 5.85. The van der Waals surface area contributed by atoms with Crippen LogP contribution >= 0.6 is 24.8 Å². The van der Waals surface area contributed by atoms with Crippen LogP contribution in [0.25, 0.3) is 0 Å². The third kappa shape index (κ3) is 4.22. The zero-order valence-electron chi connectivity index (χ0n) is 6.93. The second-order valence-corrected chi connectivity index (χ2v) is 2.36. The van der Waals surface area contributed by atoms with E-state index in [1.807, 2.05) is 0 Å². The van der Waals surface area contributed by atoms with Gasteiger partial charge in [0, 0.05) is 0 Å². The van der Waals surface area contributed by atoms with E-state index in [0.29, 0.717) is 13.0 Å². The number of hydrogen-bond acceptors (Lipinski definition) is 3. The molecule has 0 radical (unpaired) electrons. The van der Waals surface area contributed by atoms with Gasteiger partial charge in [-0.1, -0.05) is 6.07 Å². The van der Waals surface area contributed by atoms with Gasteiger partial charge in [-0.25, -0.2) is 0 Å². The molecule has 1 aromatic rings. The molecule has 0 aliphatic heterocycles. The topological polar surface area (TPSA) is 66.5 Å². The summed E-state index contributed by atoms with van der Waals surface area (Å²) in [5.74, 6) is -0.179. The lowest BCUT2D eigenvalue weighted by molar-refractivity contribution is 0.403. The second-order valence-electron chi connectivity index (χ2n) is 2.36. The van der Waals surface area contributed by atoms with E-state index < -0.39 is 0 Å². The summed E-state index contributed by atoms with van der Waals surface area (Å²) in [6.07, 6.45) is 0.716. The lowest BCUT2D eigenvalue weighted by Crippen LogP contribution is -2.02. The Morgan fingerprint density at radius 2 is 1.69 bits per heavy atom. The molecule has 1 aromatic carbocycles. The van der Waals surface area contributed by atoms with E-state index in [2.05, 4.69) is 0 Å². The van der Waals surface area contributed by atoms with Crippen molar-refractivity contribution in [2.75, 3.05) is 6.54 Å². The first-order valence-corrected chi connectivity index (χ1v) is 3.45. The zero-order valence-corrected chi connectivity index (χ0v) is 8.57. The highest BCUT2D eigenvalue weighted by atomic mass is 35.5. The summed E-state index contributed by atoms with van der Waals surface area (Å²) in [4.78, 5) is 0. The fraction of sp³-hybridized carbons (Fsp3) is 0.250. The average Bonchev–Trinajstić information content (AvgIpc) is 1.98. The Hall–Kier alpha value is -0.640. The number of aromatic hydroxyl groups is 2. The molecular formula is C8H13Cl2NO2. The average molecular weight is 226 g/mol. The normalized spacial score (nSPS) is 8.38. The third-order valence-corrected chi connectivity index (χ3v) is 1.47. The molecule has 0 aromatic heterocycles. The highest BCUT2D eigenvalue weighted by Gasteiger charge is 1.98. The summed E-state index contributed by atoms with van der Waals surface area (Å²) >= 11 is 0. The van der Waals surface area contributed by atoms with Gasteiger partial charge in [0.25, 0.3) is 0 Å². The van der Waals surface area contributed by atoms with Crippen molar-refractivity contribution in [3.05, 3.63) is 23.8 Å². The van der Waals surface area contributed by atoms with Gasteiger partial charge in [-0.2, -0.15) is 0 Å². The number of benzene rings is 1. The molecule has 0 amide bonds. The molecular weight excluding hydrogens is 213 g/mol. The van der Waals surface area contributed by atoms with Crippen molar-refractivity contribution >= 4 is 24.8 Å². The monoisotopic (exact) mass is 225 g/mol. The van der Waals surface area contributed by atoms with Crippen molar-refractivity contribution in [2.45, 2.75) is 6.42 Å². The number of phenols is 2. The van der Waals surface area contributed by atoms with E-state index in [4.69, 9.17) is 15.9 Å². The van der Waals surface area contributed by atoms with Crippen LogP contribution in [0.2, 0.25) is 0 Å². The van der Waals surface area contributed by atoms with Crippen LogP contribution in [0, 0.1) is 0 Å². The van der Waals surface area contributed by atoms with Crippen LogP contribution in [0.1, 0.15) is 5.56 Å². The van der Waals surface area contributed by atoms with Gasteiger partial charge in [0.2, 0.25) is 0 Å². The fourth-order valence-corrected chi connectivity index (χ4v) is 0.891. The maximum atomic E-state index is 9.04. The molecule has 0 spiro atoms. The zero-order chi connectivity index (χ0) is 8.27. The van der Waals surface area contributed by atoms with Crippen LogP contribution < -0.4 is 5.73 Å². The third-order valence-electron chi connectivity index (χ3n) is 1.47. The lowest BCUT2D eigenvalue weighted by atomic mass is 10.1. The smallest absolute Gasteiger partial charge is 0.157 e. The minimum absolute atomic E-state index is 0. The van der Waals surface area contributed by atoms with E-state index in [1.54, 1.807) is 6.07 Å². The molecule has 0 saturated carbocycles. The number of phenolic OH excluding ortho intramolecular Hbond substituents is 2. The first-order chi connectivity index (χ1) is 5.24. The molecule has 4 N–H and O–H groups in total. The second kappa shape index (κ2) is 6.83. The van der Waals surface area contributed by atoms with Crippen LogP contribution in [0.15, 0.2) is 18.2 Å². The predicted octanol–water partition coefficient (Wildman–Crippen LogP) is 1.44. The highest BCUT2D eigenvalue weighted by Crippen LogP contribution is 2.24. The molecule has 1 rings (SSSR count). The van der Waals surface area contributed by atoms with E-state index in [0.717, 1.165) is 5.56 Å².